The Hall–Kier alpha value is -0.880. The fraction of sp³-hybridized carbons (Fsp3) is 0.667. The van der Waals surface area contributed by atoms with Gasteiger partial charge in [-0.25, -0.2) is 0 Å². The maximum Gasteiger partial charge on any atom is 0.279 e. The minimum absolute atomic E-state index is 0.342. The molecule has 1 saturated heterocycles. The summed E-state index contributed by atoms with van der Waals surface area (Å²) in [6.45, 7) is 3.61. The van der Waals surface area contributed by atoms with E-state index in [0.29, 0.717) is 12.4 Å². The highest BCUT2D eigenvalue weighted by Crippen LogP contribution is 2.10. The summed E-state index contributed by atoms with van der Waals surface area (Å²) in [6, 6.07) is 0. The predicted octanol–water partition coefficient (Wildman–Crippen LogP) is 0.354. The van der Waals surface area contributed by atoms with Crippen molar-refractivity contribution in [2.24, 2.45) is 4.40 Å². The van der Waals surface area contributed by atoms with Crippen LogP contribution in [0.25, 0.3) is 0 Å². The number of sulfonamides is 1. The quantitative estimate of drug-likeness (QED) is 0.699. The van der Waals surface area contributed by atoms with Gasteiger partial charge in [0.25, 0.3) is 10.0 Å². The van der Waals surface area contributed by atoms with E-state index in [1.807, 2.05) is 0 Å². The van der Waals surface area contributed by atoms with Crippen molar-refractivity contribution >= 4 is 16.2 Å². The molecule has 0 aromatic rings. The van der Waals surface area contributed by atoms with E-state index in [-0.39, 0.29) is 0 Å². The smallest absolute Gasteiger partial charge is 0.279 e. The van der Waals surface area contributed by atoms with Crippen LogP contribution in [0.15, 0.2) is 15.6 Å². The zero-order valence-electron chi connectivity index (χ0n) is 8.42. The Labute approximate surface area is 89.5 Å². The first-order chi connectivity index (χ1) is 7.16. The molecule has 5 nitrogen and oxygen atoms in total. The molecular weight excluding hydrogens is 216 g/mol. The highest BCUT2D eigenvalue weighted by molar-refractivity contribution is 7.93. The zero-order valence-corrected chi connectivity index (χ0v) is 9.24. The van der Waals surface area contributed by atoms with Crippen LogP contribution in [0.1, 0.15) is 12.8 Å². The van der Waals surface area contributed by atoms with Crippen LogP contribution in [0.5, 0.6) is 0 Å². The molecule has 6 heteroatoms. The van der Waals surface area contributed by atoms with Crippen LogP contribution in [0.2, 0.25) is 0 Å². The summed E-state index contributed by atoms with van der Waals surface area (Å²) in [5.74, 6) is 0.342. The minimum atomic E-state index is -3.38. The van der Waals surface area contributed by atoms with Crippen LogP contribution in [0, 0.1) is 0 Å². The van der Waals surface area contributed by atoms with Crippen molar-refractivity contribution in [2.75, 3.05) is 26.2 Å². The van der Waals surface area contributed by atoms with E-state index in [9.17, 15) is 8.42 Å². The number of hydrogen-bond acceptors (Lipinski definition) is 4. The molecule has 15 heavy (non-hydrogen) atoms. The molecule has 2 rings (SSSR count). The second-order valence-electron chi connectivity index (χ2n) is 3.67. The van der Waals surface area contributed by atoms with E-state index >= 15 is 0 Å². The first-order valence-electron chi connectivity index (χ1n) is 5.03. The van der Waals surface area contributed by atoms with E-state index < -0.39 is 10.0 Å². The summed E-state index contributed by atoms with van der Waals surface area (Å²) in [4.78, 5) is 2.31. The van der Waals surface area contributed by atoms with E-state index in [1.54, 1.807) is 0 Å². The van der Waals surface area contributed by atoms with Crippen LogP contribution < -0.4 is 0 Å². The molecule has 84 valence electrons. The summed E-state index contributed by atoms with van der Waals surface area (Å²) >= 11 is 0. The molecule has 0 radical (unpaired) electrons. The Balaban J connectivity index is 1.73. The summed E-state index contributed by atoms with van der Waals surface area (Å²) < 4.78 is 30.4. The van der Waals surface area contributed by atoms with Crippen LogP contribution in [0.3, 0.4) is 0 Å². The lowest BCUT2D eigenvalue weighted by molar-refractivity contribution is 0.186. The first kappa shape index (κ1) is 10.6. The molecule has 0 atom stereocenters. The summed E-state index contributed by atoms with van der Waals surface area (Å²) in [5.41, 5.74) is 0. The maximum absolute atomic E-state index is 10.9. The maximum atomic E-state index is 10.9. The molecule has 1 fully saturated rings. The largest absolute Gasteiger partial charge is 0.490 e. The van der Waals surface area contributed by atoms with Crippen LogP contribution in [0.4, 0.5) is 0 Å². The molecule has 0 aliphatic carbocycles. The summed E-state index contributed by atoms with van der Waals surface area (Å²) in [6.07, 6.45) is 3.75. The van der Waals surface area contributed by atoms with E-state index in [4.69, 9.17) is 4.74 Å². The average molecular weight is 230 g/mol. The average Bonchev–Trinajstić information content (AvgIpc) is 2.76. The molecule has 0 saturated carbocycles. The van der Waals surface area contributed by atoms with Crippen molar-refractivity contribution in [1.82, 2.24) is 4.90 Å². The van der Waals surface area contributed by atoms with Crippen LogP contribution >= 0.6 is 0 Å². The van der Waals surface area contributed by atoms with Gasteiger partial charge < -0.3 is 4.74 Å². The fourth-order valence-corrected chi connectivity index (χ4v) is 2.44. The molecule has 0 spiro atoms. The van der Waals surface area contributed by atoms with E-state index in [1.165, 1.54) is 19.1 Å². The number of ether oxygens (including phenoxy) is 1. The Bertz CT molecular complexity index is 380. The van der Waals surface area contributed by atoms with Gasteiger partial charge in [-0.05, 0) is 25.9 Å². The molecular formula is C9H14N2O3S. The number of allylic oxidation sites excluding steroid dienone is 1. The van der Waals surface area contributed by atoms with Gasteiger partial charge in [0.05, 0.1) is 11.6 Å². The Morgan fingerprint density at radius 1 is 1.40 bits per heavy atom. The van der Waals surface area contributed by atoms with Crippen molar-refractivity contribution in [3.05, 3.63) is 11.2 Å². The molecule has 0 aromatic carbocycles. The van der Waals surface area contributed by atoms with Gasteiger partial charge in [-0.1, -0.05) is 0 Å². The molecule has 0 aromatic heterocycles. The van der Waals surface area contributed by atoms with Gasteiger partial charge >= 0.3 is 0 Å². The fourth-order valence-electron chi connectivity index (χ4n) is 1.70. The lowest BCUT2D eigenvalue weighted by Gasteiger charge is -2.14. The lowest BCUT2D eigenvalue weighted by Crippen LogP contribution is -2.23. The topological polar surface area (TPSA) is 59.0 Å². The normalized spacial score (nSPS) is 24.4. The number of rotatable bonds is 4. The van der Waals surface area contributed by atoms with Crippen molar-refractivity contribution in [2.45, 2.75) is 12.8 Å². The predicted molar refractivity (Wildman–Crippen MR) is 57.1 cm³/mol. The standard InChI is InChI=1S/C9H14N2O3S/c12-15(13)8-9(7-10-15)14-6-5-11-3-1-2-4-11/h7-8H,1-6H2. The monoisotopic (exact) mass is 230 g/mol. The lowest BCUT2D eigenvalue weighted by atomic mass is 10.4. The number of hydrogen-bond donors (Lipinski definition) is 0. The van der Waals surface area contributed by atoms with Gasteiger partial charge in [0, 0.05) is 6.54 Å². The van der Waals surface area contributed by atoms with Crippen molar-refractivity contribution in [3.63, 3.8) is 0 Å². The van der Waals surface area contributed by atoms with Crippen molar-refractivity contribution in [3.8, 4) is 0 Å². The molecule has 0 amide bonds. The zero-order chi connectivity index (χ0) is 10.7. The SMILES string of the molecule is O=S1(=O)C=C(OCCN2CCCC2)C=N1. The molecule has 0 N–H and O–H groups in total. The van der Waals surface area contributed by atoms with Crippen molar-refractivity contribution in [1.29, 1.82) is 0 Å². The van der Waals surface area contributed by atoms with Crippen LogP contribution in [-0.2, 0) is 14.8 Å². The van der Waals surface area contributed by atoms with E-state index in [2.05, 4.69) is 9.30 Å². The first-order valence-corrected chi connectivity index (χ1v) is 6.53. The minimum Gasteiger partial charge on any atom is -0.490 e. The summed E-state index contributed by atoms with van der Waals surface area (Å²) in [7, 11) is -3.38. The second kappa shape index (κ2) is 4.32. The highest BCUT2D eigenvalue weighted by atomic mass is 32.2. The van der Waals surface area contributed by atoms with Crippen LogP contribution in [-0.4, -0.2) is 45.8 Å². The molecule has 0 unspecified atom stereocenters. The highest BCUT2D eigenvalue weighted by Gasteiger charge is 2.15. The van der Waals surface area contributed by atoms with Crippen molar-refractivity contribution < 1.29 is 13.2 Å². The second-order valence-corrected chi connectivity index (χ2v) is 5.14. The molecule has 0 bridgehead atoms. The van der Waals surface area contributed by atoms with Gasteiger partial charge in [0.2, 0.25) is 0 Å². The summed E-state index contributed by atoms with van der Waals surface area (Å²) in [5, 5.41) is 1.05. The van der Waals surface area contributed by atoms with Gasteiger partial charge in [-0.2, -0.15) is 12.8 Å². The Morgan fingerprint density at radius 2 is 2.13 bits per heavy atom. The molecule has 2 heterocycles. The number of likely N-dealkylation sites (tertiary alicyclic amines) is 1. The third-order valence-corrected chi connectivity index (χ3v) is 3.40. The third kappa shape index (κ3) is 3.04. The Kier molecular flexibility index (Phi) is 3.06. The van der Waals surface area contributed by atoms with Gasteiger partial charge in [0.1, 0.15) is 6.61 Å². The molecule has 2 aliphatic heterocycles. The Morgan fingerprint density at radius 3 is 2.73 bits per heavy atom. The number of nitrogens with zero attached hydrogens (tertiary/aromatic N) is 2. The van der Waals surface area contributed by atoms with E-state index in [0.717, 1.165) is 25.0 Å². The third-order valence-electron chi connectivity index (χ3n) is 2.47. The van der Waals surface area contributed by atoms with Gasteiger partial charge in [-0.3, -0.25) is 4.90 Å². The molecule has 2 aliphatic rings. The van der Waals surface area contributed by atoms with Gasteiger partial charge in [-0.15, -0.1) is 0 Å². The van der Waals surface area contributed by atoms with Gasteiger partial charge in [0.15, 0.2) is 5.76 Å².